The molecule has 1 aromatic carbocycles. The molecule has 26 heavy (non-hydrogen) atoms. The van der Waals surface area contributed by atoms with E-state index >= 15 is 0 Å². The van der Waals surface area contributed by atoms with E-state index in [1.54, 1.807) is 6.21 Å². The lowest BCUT2D eigenvalue weighted by Crippen LogP contribution is -2.28. The number of rotatable bonds is 4. The number of fused-ring (bicyclic) bond motifs is 6. The number of benzene rings is 1. The van der Waals surface area contributed by atoms with Gasteiger partial charge in [0.05, 0.1) is 18.1 Å². The maximum Gasteiger partial charge on any atom is 0.254 e. The molecule has 2 aliphatic carbocycles. The topological polar surface area (TPSA) is 54.7 Å². The van der Waals surface area contributed by atoms with Crippen molar-refractivity contribution >= 4 is 28.9 Å². The van der Waals surface area contributed by atoms with Crippen LogP contribution in [0.15, 0.2) is 60.4 Å². The lowest BCUT2D eigenvalue weighted by atomic mass is 9.85. The Hall–Kier alpha value is -2.95. The zero-order chi connectivity index (χ0) is 17.8. The van der Waals surface area contributed by atoms with Crippen molar-refractivity contribution in [3.05, 3.63) is 60.8 Å². The van der Waals surface area contributed by atoms with E-state index in [0.717, 1.165) is 27.9 Å². The van der Waals surface area contributed by atoms with Gasteiger partial charge in [-0.1, -0.05) is 36.4 Å². The fraction of sp³-hybridized carbons (Fsp3) is 0.286. The van der Waals surface area contributed by atoms with Gasteiger partial charge in [0.1, 0.15) is 0 Å². The van der Waals surface area contributed by atoms with Crippen LogP contribution in [0.25, 0.3) is 10.9 Å². The first-order chi connectivity index (χ1) is 12.7. The minimum absolute atomic E-state index is 0.150. The molecule has 0 radical (unpaired) electrons. The molecule has 0 N–H and O–H groups in total. The van der Waals surface area contributed by atoms with Crippen molar-refractivity contribution in [1.82, 2.24) is 9.58 Å². The number of carbonyl (C=O) groups is 2. The molecule has 5 rings (SSSR count). The number of aromatic nitrogens is 1. The highest BCUT2D eigenvalue weighted by molar-refractivity contribution is 6.07. The SMILES string of the molecule is C=CCn1cc(/C=N\N2C(=O)[C@@H]3[C@H](C2=O)[C@@H]2C=C[C@@H]3C2)c2ccccc21. The summed E-state index contributed by atoms with van der Waals surface area (Å²) in [6, 6.07) is 8.01. The quantitative estimate of drug-likeness (QED) is 0.486. The number of carbonyl (C=O) groups excluding carboxylic acids is 2. The standard InChI is InChI=1S/C21H19N3O2/c1-2-9-23-12-15(16-5-3-4-6-17(16)23)11-22-24-20(25)18-13-7-8-14(10-13)19(18)21(24)26/h2-8,11-14,18-19H,1,9-10H2/b22-11-/t13-,14-,18-,19+/m1/s1. The van der Waals surface area contributed by atoms with Gasteiger partial charge in [-0.15, -0.1) is 6.58 Å². The Morgan fingerprint density at radius 1 is 1.12 bits per heavy atom. The Morgan fingerprint density at radius 3 is 2.50 bits per heavy atom. The van der Waals surface area contributed by atoms with Crippen LogP contribution in [0.4, 0.5) is 0 Å². The van der Waals surface area contributed by atoms with Crippen LogP contribution in [-0.4, -0.2) is 27.6 Å². The summed E-state index contributed by atoms with van der Waals surface area (Å²) < 4.78 is 2.08. The van der Waals surface area contributed by atoms with Crippen LogP contribution in [0.5, 0.6) is 0 Å². The van der Waals surface area contributed by atoms with Crippen molar-refractivity contribution in [2.24, 2.45) is 28.8 Å². The highest BCUT2D eigenvalue weighted by atomic mass is 16.2. The predicted octanol–water partition coefficient (Wildman–Crippen LogP) is 2.97. The molecule has 0 unspecified atom stereocenters. The van der Waals surface area contributed by atoms with Gasteiger partial charge in [0.2, 0.25) is 0 Å². The van der Waals surface area contributed by atoms with Gasteiger partial charge in [-0.25, -0.2) is 0 Å². The first-order valence-electron chi connectivity index (χ1n) is 8.98. The van der Waals surface area contributed by atoms with E-state index in [4.69, 9.17) is 0 Å². The summed E-state index contributed by atoms with van der Waals surface area (Å²) in [5, 5.41) is 6.44. The summed E-state index contributed by atoms with van der Waals surface area (Å²) in [7, 11) is 0. The molecule has 2 amide bonds. The maximum absolute atomic E-state index is 12.7. The number of amides is 2. The van der Waals surface area contributed by atoms with Crippen LogP contribution < -0.4 is 0 Å². The molecule has 2 heterocycles. The van der Waals surface area contributed by atoms with Gasteiger partial charge in [0, 0.05) is 29.2 Å². The van der Waals surface area contributed by atoms with Gasteiger partial charge >= 0.3 is 0 Å². The van der Waals surface area contributed by atoms with Gasteiger partial charge in [-0.05, 0) is 24.3 Å². The van der Waals surface area contributed by atoms with Crippen molar-refractivity contribution in [2.45, 2.75) is 13.0 Å². The molecule has 0 spiro atoms. The van der Waals surface area contributed by atoms with Crippen molar-refractivity contribution in [2.75, 3.05) is 0 Å². The largest absolute Gasteiger partial charge is 0.343 e. The third-order valence-corrected chi connectivity index (χ3v) is 5.90. The average Bonchev–Trinajstić information content (AvgIpc) is 3.39. The van der Waals surface area contributed by atoms with Crippen LogP contribution >= 0.6 is 0 Å². The molecule has 1 aromatic heterocycles. The molecule has 1 saturated heterocycles. The van der Waals surface area contributed by atoms with E-state index in [0.29, 0.717) is 6.54 Å². The molecule has 130 valence electrons. The summed E-state index contributed by atoms with van der Waals surface area (Å²) in [4.78, 5) is 25.4. The van der Waals surface area contributed by atoms with E-state index in [1.165, 1.54) is 0 Å². The first kappa shape index (κ1) is 15.3. The number of imide groups is 1. The van der Waals surface area contributed by atoms with Crippen molar-refractivity contribution < 1.29 is 9.59 Å². The van der Waals surface area contributed by atoms with Crippen LogP contribution in [-0.2, 0) is 16.1 Å². The number of hydrazone groups is 1. The molecule has 1 aliphatic heterocycles. The highest BCUT2D eigenvalue weighted by Gasteiger charge is 2.59. The Kier molecular flexibility index (Phi) is 3.26. The Balaban J connectivity index is 1.48. The van der Waals surface area contributed by atoms with Gasteiger partial charge < -0.3 is 4.57 Å². The molecule has 2 aromatic rings. The molecular formula is C21H19N3O2. The number of hydrogen-bond donors (Lipinski definition) is 0. The molecule has 5 heteroatoms. The summed E-state index contributed by atoms with van der Waals surface area (Å²) in [6.45, 7) is 4.49. The maximum atomic E-state index is 12.7. The van der Waals surface area contributed by atoms with Crippen LogP contribution in [0.1, 0.15) is 12.0 Å². The van der Waals surface area contributed by atoms with Crippen molar-refractivity contribution in [1.29, 1.82) is 0 Å². The van der Waals surface area contributed by atoms with E-state index in [2.05, 4.69) is 28.4 Å². The molecule has 5 nitrogen and oxygen atoms in total. The number of hydrogen-bond acceptors (Lipinski definition) is 3. The summed E-state index contributed by atoms with van der Waals surface area (Å²) >= 11 is 0. The zero-order valence-corrected chi connectivity index (χ0v) is 14.3. The smallest absolute Gasteiger partial charge is 0.254 e. The zero-order valence-electron chi connectivity index (χ0n) is 14.3. The fourth-order valence-corrected chi connectivity index (χ4v) is 4.79. The van der Waals surface area contributed by atoms with Crippen molar-refractivity contribution in [3.63, 3.8) is 0 Å². The first-order valence-corrected chi connectivity index (χ1v) is 8.98. The third kappa shape index (κ3) is 2.00. The van der Waals surface area contributed by atoms with E-state index in [-0.39, 0.29) is 35.5 Å². The molecule has 3 aliphatic rings. The Bertz CT molecular complexity index is 970. The van der Waals surface area contributed by atoms with E-state index < -0.39 is 0 Å². The van der Waals surface area contributed by atoms with Crippen molar-refractivity contribution in [3.8, 4) is 0 Å². The second-order valence-electron chi connectivity index (χ2n) is 7.28. The third-order valence-electron chi connectivity index (χ3n) is 5.90. The summed E-state index contributed by atoms with van der Waals surface area (Å²) in [5.41, 5.74) is 1.97. The molecule has 2 fully saturated rings. The summed E-state index contributed by atoms with van der Waals surface area (Å²) in [6.07, 6.45) is 10.6. The monoisotopic (exact) mass is 345 g/mol. The molecule has 2 bridgehead atoms. The average molecular weight is 345 g/mol. The number of allylic oxidation sites excluding steroid dienone is 3. The van der Waals surface area contributed by atoms with Crippen LogP contribution in [0.3, 0.4) is 0 Å². The van der Waals surface area contributed by atoms with E-state index in [9.17, 15) is 9.59 Å². The fourth-order valence-electron chi connectivity index (χ4n) is 4.79. The Morgan fingerprint density at radius 2 is 1.81 bits per heavy atom. The lowest BCUT2D eigenvalue weighted by molar-refractivity contribution is -0.140. The number of para-hydroxylation sites is 1. The molecule has 1 saturated carbocycles. The molecule has 4 atom stereocenters. The number of nitrogens with zero attached hydrogens (tertiary/aromatic N) is 3. The van der Waals surface area contributed by atoms with Crippen LogP contribution in [0.2, 0.25) is 0 Å². The van der Waals surface area contributed by atoms with Gasteiger partial charge in [-0.3, -0.25) is 9.59 Å². The van der Waals surface area contributed by atoms with Gasteiger partial charge in [0.15, 0.2) is 0 Å². The minimum atomic E-state index is -0.211. The minimum Gasteiger partial charge on any atom is -0.343 e. The van der Waals surface area contributed by atoms with Gasteiger partial charge in [0.25, 0.3) is 11.8 Å². The van der Waals surface area contributed by atoms with Crippen LogP contribution in [0, 0.1) is 23.7 Å². The van der Waals surface area contributed by atoms with E-state index in [1.807, 2.05) is 36.5 Å². The molecular weight excluding hydrogens is 326 g/mol. The van der Waals surface area contributed by atoms with Gasteiger partial charge in [-0.2, -0.15) is 10.1 Å². The summed E-state index contributed by atoms with van der Waals surface area (Å²) in [5.74, 6) is -0.313. The Labute approximate surface area is 151 Å². The predicted molar refractivity (Wildman–Crippen MR) is 99.3 cm³/mol. The highest BCUT2D eigenvalue weighted by Crippen LogP contribution is 2.52. The normalized spacial score (nSPS) is 29.5. The lowest BCUT2D eigenvalue weighted by Gasteiger charge is -2.13. The second-order valence-corrected chi connectivity index (χ2v) is 7.28. The second kappa shape index (κ2) is 5.53.